The van der Waals surface area contributed by atoms with Gasteiger partial charge in [-0.25, -0.2) is 9.97 Å². The van der Waals surface area contributed by atoms with Gasteiger partial charge in [-0.2, -0.15) is 10.5 Å². The highest BCUT2D eigenvalue weighted by Gasteiger charge is 2.05. The Morgan fingerprint density at radius 1 is 1.05 bits per heavy atom. The molecular weight excluding hydrogens is 442 g/mol. The van der Waals surface area contributed by atoms with E-state index in [0.717, 1.165) is 8.47 Å². The van der Waals surface area contributed by atoms with Crippen LogP contribution in [0.2, 0.25) is 10.3 Å². The fourth-order valence-electron chi connectivity index (χ4n) is 1.21. The van der Waals surface area contributed by atoms with E-state index < -0.39 is 0 Å². The first-order chi connectivity index (χ1) is 10.0. The number of pyridine rings is 2. The fourth-order valence-corrected chi connectivity index (χ4v) is 2.90. The molecule has 2 aromatic heterocycles. The van der Waals surface area contributed by atoms with Gasteiger partial charge >= 0.3 is 0 Å². The van der Waals surface area contributed by atoms with E-state index in [2.05, 4.69) is 9.97 Å². The summed E-state index contributed by atoms with van der Waals surface area (Å²) in [5.41, 5.74) is 0.909. The van der Waals surface area contributed by atoms with Gasteiger partial charge in [0.2, 0.25) is 0 Å². The van der Waals surface area contributed by atoms with E-state index in [4.69, 9.17) is 33.7 Å². The van der Waals surface area contributed by atoms with Crippen molar-refractivity contribution >= 4 is 57.6 Å². The molecular formula is C13H7Cl2IN4S. The minimum atomic E-state index is 0.273. The Labute approximate surface area is 150 Å². The molecule has 0 aliphatic rings. The largest absolute Gasteiger partial charge is 0.243 e. The molecule has 21 heavy (non-hydrogen) atoms. The van der Waals surface area contributed by atoms with E-state index in [0.29, 0.717) is 11.1 Å². The second kappa shape index (κ2) is 9.06. The quantitative estimate of drug-likeness (QED) is 0.363. The maximum Gasteiger partial charge on any atom is 0.147 e. The van der Waals surface area contributed by atoms with Gasteiger partial charge in [0.05, 0.1) is 0 Å². The summed E-state index contributed by atoms with van der Waals surface area (Å²) in [4.78, 5) is 8.41. The summed E-state index contributed by atoms with van der Waals surface area (Å²) in [5, 5.41) is 17.7. The standard InChI is InChI=1S/C7H5ClN2S.C6H2ClIN2/c1-11-6-2-3-10-7(8)5(6)4-9;7-6-4(3-9)5(8)1-2-10-6/h2-3H,1H3;1-2H. The summed E-state index contributed by atoms with van der Waals surface area (Å²) in [6, 6.07) is 7.48. The molecule has 0 saturated carbocycles. The van der Waals surface area contributed by atoms with Crippen molar-refractivity contribution < 1.29 is 0 Å². The van der Waals surface area contributed by atoms with Crippen LogP contribution in [0.5, 0.6) is 0 Å². The first-order valence-corrected chi connectivity index (χ1v) is 8.39. The molecule has 2 rings (SSSR count). The Hall–Kier alpha value is -1.06. The van der Waals surface area contributed by atoms with Crippen LogP contribution in [0.4, 0.5) is 0 Å². The molecule has 0 spiro atoms. The van der Waals surface area contributed by atoms with Crippen LogP contribution >= 0.6 is 57.6 Å². The van der Waals surface area contributed by atoms with Crippen LogP contribution in [0.3, 0.4) is 0 Å². The number of hydrogen-bond donors (Lipinski definition) is 0. The zero-order valence-electron chi connectivity index (χ0n) is 10.6. The average Bonchev–Trinajstić information content (AvgIpc) is 2.48. The van der Waals surface area contributed by atoms with Crippen LogP contribution in [-0.2, 0) is 0 Å². The van der Waals surface area contributed by atoms with Gasteiger partial charge in [0, 0.05) is 20.9 Å². The van der Waals surface area contributed by atoms with Crippen LogP contribution in [0.15, 0.2) is 29.4 Å². The summed E-state index contributed by atoms with van der Waals surface area (Å²) >= 11 is 14.8. The predicted octanol–water partition coefficient (Wildman–Crippen LogP) is 4.54. The number of nitriles is 2. The van der Waals surface area contributed by atoms with Gasteiger partial charge in [-0.3, -0.25) is 0 Å². The molecule has 0 amide bonds. The van der Waals surface area contributed by atoms with Gasteiger partial charge in [-0.1, -0.05) is 23.2 Å². The van der Waals surface area contributed by atoms with Crippen molar-refractivity contribution in [3.63, 3.8) is 0 Å². The number of hydrogen-bond acceptors (Lipinski definition) is 5. The smallest absolute Gasteiger partial charge is 0.147 e. The van der Waals surface area contributed by atoms with E-state index in [1.165, 1.54) is 11.8 Å². The molecule has 0 aliphatic carbocycles. The molecule has 0 radical (unpaired) electrons. The lowest BCUT2D eigenvalue weighted by Gasteiger charge is -1.98. The van der Waals surface area contributed by atoms with E-state index in [1.807, 2.05) is 41.0 Å². The van der Waals surface area contributed by atoms with Crippen molar-refractivity contribution in [2.45, 2.75) is 4.90 Å². The third kappa shape index (κ3) is 5.01. The molecule has 106 valence electrons. The first kappa shape index (κ1) is 18.0. The summed E-state index contributed by atoms with van der Waals surface area (Å²) in [7, 11) is 0. The maximum atomic E-state index is 8.64. The Morgan fingerprint density at radius 3 is 1.95 bits per heavy atom. The summed E-state index contributed by atoms with van der Waals surface area (Å²) in [6.07, 6.45) is 5.06. The number of aromatic nitrogens is 2. The minimum absolute atomic E-state index is 0.273. The van der Waals surface area contributed by atoms with Gasteiger partial charge in [-0.05, 0) is 41.0 Å². The van der Waals surface area contributed by atoms with E-state index in [9.17, 15) is 0 Å². The van der Waals surface area contributed by atoms with Gasteiger partial charge < -0.3 is 0 Å². The minimum Gasteiger partial charge on any atom is -0.243 e. The molecule has 0 unspecified atom stereocenters. The van der Waals surface area contributed by atoms with Crippen LogP contribution in [0.1, 0.15) is 11.1 Å². The number of halogens is 3. The van der Waals surface area contributed by atoms with Crippen molar-refractivity contribution in [3.05, 3.63) is 49.5 Å². The van der Waals surface area contributed by atoms with E-state index >= 15 is 0 Å². The zero-order valence-corrected chi connectivity index (χ0v) is 15.1. The fraction of sp³-hybridized carbons (Fsp3) is 0.0769. The second-order valence-electron chi connectivity index (χ2n) is 3.36. The number of nitrogens with zero attached hydrogens (tertiary/aromatic N) is 4. The Morgan fingerprint density at radius 2 is 1.57 bits per heavy atom. The lowest BCUT2D eigenvalue weighted by Crippen LogP contribution is -1.85. The second-order valence-corrected chi connectivity index (χ2v) is 6.09. The Balaban J connectivity index is 0.000000211. The molecule has 4 nitrogen and oxygen atoms in total. The van der Waals surface area contributed by atoms with Gasteiger partial charge in [0.15, 0.2) is 0 Å². The number of rotatable bonds is 1. The van der Waals surface area contributed by atoms with Crippen molar-refractivity contribution in [1.82, 2.24) is 9.97 Å². The summed E-state index contributed by atoms with van der Waals surface area (Å²) in [6.45, 7) is 0. The van der Waals surface area contributed by atoms with Crippen LogP contribution < -0.4 is 0 Å². The van der Waals surface area contributed by atoms with E-state index in [1.54, 1.807) is 24.5 Å². The highest BCUT2D eigenvalue weighted by molar-refractivity contribution is 14.1. The lowest BCUT2D eigenvalue weighted by atomic mass is 10.3. The predicted molar refractivity (Wildman–Crippen MR) is 92.4 cm³/mol. The van der Waals surface area contributed by atoms with Gasteiger partial charge in [-0.15, -0.1) is 11.8 Å². The first-order valence-electron chi connectivity index (χ1n) is 5.33. The monoisotopic (exact) mass is 448 g/mol. The topological polar surface area (TPSA) is 73.4 Å². The Kier molecular flexibility index (Phi) is 7.76. The van der Waals surface area contributed by atoms with Crippen molar-refractivity contribution in [2.75, 3.05) is 6.26 Å². The molecule has 8 heteroatoms. The average molecular weight is 449 g/mol. The molecule has 0 aliphatic heterocycles. The molecule has 0 bridgehead atoms. The van der Waals surface area contributed by atoms with Crippen molar-refractivity contribution in [1.29, 1.82) is 10.5 Å². The van der Waals surface area contributed by atoms with E-state index in [-0.39, 0.29) is 10.3 Å². The maximum absolute atomic E-state index is 8.64. The van der Waals surface area contributed by atoms with Crippen LogP contribution in [0, 0.1) is 26.2 Å². The zero-order chi connectivity index (χ0) is 15.8. The SMILES string of the molecule is CSc1ccnc(Cl)c1C#N.N#Cc1c(I)ccnc1Cl. The summed E-state index contributed by atoms with van der Waals surface area (Å²) < 4.78 is 0.833. The van der Waals surface area contributed by atoms with Crippen molar-refractivity contribution in [2.24, 2.45) is 0 Å². The highest BCUT2D eigenvalue weighted by Crippen LogP contribution is 2.23. The van der Waals surface area contributed by atoms with Gasteiger partial charge in [0.1, 0.15) is 33.6 Å². The highest BCUT2D eigenvalue weighted by atomic mass is 127. The molecule has 0 saturated heterocycles. The molecule has 0 aromatic carbocycles. The Bertz CT molecular complexity index is 705. The molecule has 0 N–H and O–H groups in total. The summed E-state index contributed by atoms with van der Waals surface area (Å²) in [5.74, 6) is 0. The molecule has 0 fully saturated rings. The van der Waals surface area contributed by atoms with Crippen LogP contribution in [-0.4, -0.2) is 16.2 Å². The number of thioether (sulfide) groups is 1. The molecule has 2 aromatic rings. The molecule has 0 atom stereocenters. The van der Waals surface area contributed by atoms with Crippen molar-refractivity contribution in [3.8, 4) is 12.1 Å². The third-order valence-electron chi connectivity index (χ3n) is 2.16. The lowest BCUT2D eigenvalue weighted by molar-refractivity contribution is 1.23. The van der Waals surface area contributed by atoms with Gasteiger partial charge in [0.25, 0.3) is 0 Å². The third-order valence-corrected chi connectivity index (χ3v) is 4.42. The van der Waals surface area contributed by atoms with Crippen LogP contribution in [0.25, 0.3) is 0 Å². The normalized spacial score (nSPS) is 9.05. The molecule has 2 heterocycles.